The molecule has 0 aromatic carbocycles. The summed E-state index contributed by atoms with van der Waals surface area (Å²) in [6.45, 7) is 8.82. The van der Waals surface area contributed by atoms with Crippen LogP contribution in [0.15, 0.2) is 24.3 Å². The second kappa shape index (κ2) is 6.69. The first-order valence-corrected chi connectivity index (χ1v) is 9.73. The smallest absolute Gasteiger partial charge is 0.312 e. The number of aliphatic hydroxyl groups excluding tert-OH is 2. The lowest BCUT2D eigenvalue weighted by atomic mass is 9.56. The highest BCUT2D eigenvalue weighted by molar-refractivity contribution is 6.23. The zero-order valence-electron chi connectivity index (χ0n) is 15.8. The monoisotopic (exact) mass is 398 g/mol. The van der Waals surface area contributed by atoms with Crippen molar-refractivity contribution in [2.45, 2.75) is 62.9 Å². The number of ketones is 1. The Morgan fingerprint density at radius 1 is 1.30 bits per heavy atom. The van der Waals surface area contributed by atoms with Crippen molar-refractivity contribution in [2.75, 3.05) is 0 Å². The number of allylic oxidation sites excluding steroid dienone is 1. The van der Waals surface area contributed by atoms with Gasteiger partial charge in [-0.2, -0.15) is 0 Å². The molecule has 1 saturated carbocycles. The Morgan fingerprint density at radius 2 is 1.93 bits per heavy atom. The molecule has 7 heteroatoms. The summed E-state index contributed by atoms with van der Waals surface area (Å²) in [6.07, 6.45) is 0.124. The Labute approximate surface area is 163 Å². The minimum Gasteiger partial charge on any atom is -0.457 e. The van der Waals surface area contributed by atoms with Crippen molar-refractivity contribution in [3.8, 4) is 0 Å². The number of halogens is 1. The molecule has 0 radical (unpaired) electrons. The van der Waals surface area contributed by atoms with E-state index in [4.69, 9.17) is 16.3 Å². The van der Waals surface area contributed by atoms with Gasteiger partial charge in [0.1, 0.15) is 5.60 Å². The molecule has 150 valence electrons. The third-order valence-electron chi connectivity index (χ3n) is 6.99. The number of fused-ring (bicyclic) bond motifs is 2. The van der Waals surface area contributed by atoms with Gasteiger partial charge in [0.05, 0.1) is 23.5 Å². The number of hydrogen-bond acceptors (Lipinski definition) is 6. The summed E-state index contributed by atoms with van der Waals surface area (Å²) in [5, 5.41) is 32.9. The van der Waals surface area contributed by atoms with E-state index in [-0.39, 0.29) is 5.78 Å². The van der Waals surface area contributed by atoms with E-state index in [1.54, 1.807) is 19.9 Å². The molecule has 0 aromatic rings. The van der Waals surface area contributed by atoms with Gasteiger partial charge in [-0.25, -0.2) is 0 Å². The number of ether oxygens (including phenoxy) is 1. The fraction of sp³-hybridized carbons (Fsp3) is 0.700. The molecule has 6 nitrogen and oxygen atoms in total. The Balaban J connectivity index is 2.19. The van der Waals surface area contributed by atoms with Gasteiger partial charge in [-0.05, 0) is 25.8 Å². The first kappa shape index (κ1) is 20.5. The summed E-state index contributed by atoms with van der Waals surface area (Å²) in [5.41, 5.74) is -2.47. The minimum absolute atomic E-state index is 0.203. The van der Waals surface area contributed by atoms with E-state index < -0.39 is 58.4 Å². The van der Waals surface area contributed by atoms with Crippen molar-refractivity contribution in [3.05, 3.63) is 24.3 Å². The van der Waals surface area contributed by atoms with Crippen LogP contribution in [0.1, 0.15) is 33.6 Å². The maximum Gasteiger partial charge on any atom is 0.312 e. The number of esters is 1. The predicted molar refractivity (Wildman–Crippen MR) is 98.9 cm³/mol. The normalized spacial score (nSPS) is 50.8. The van der Waals surface area contributed by atoms with Crippen molar-refractivity contribution in [3.63, 3.8) is 0 Å². The largest absolute Gasteiger partial charge is 0.457 e. The maximum atomic E-state index is 12.4. The molecule has 1 saturated heterocycles. The lowest BCUT2D eigenvalue weighted by Crippen LogP contribution is -2.64. The van der Waals surface area contributed by atoms with Crippen LogP contribution in [0, 0.1) is 23.2 Å². The molecule has 0 aromatic heterocycles. The van der Waals surface area contributed by atoms with Gasteiger partial charge in [-0.1, -0.05) is 32.1 Å². The number of carbonyl (C=O) groups excluding carboxylic acids is 2. The molecule has 27 heavy (non-hydrogen) atoms. The summed E-state index contributed by atoms with van der Waals surface area (Å²) in [7, 11) is 0. The molecule has 0 unspecified atom stereocenters. The maximum absolute atomic E-state index is 12.4. The van der Waals surface area contributed by atoms with Gasteiger partial charge in [0.2, 0.25) is 0 Å². The summed E-state index contributed by atoms with van der Waals surface area (Å²) < 4.78 is 5.36. The highest BCUT2D eigenvalue weighted by Crippen LogP contribution is 2.52. The molecule has 2 fully saturated rings. The Bertz CT molecular complexity index is 705. The van der Waals surface area contributed by atoms with Gasteiger partial charge in [0.25, 0.3) is 0 Å². The molecule has 3 rings (SSSR count). The van der Waals surface area contributed by atoms with E-state index >= 15 is 0 Å². The first-order valence-electron chi connectivity index (χ1n) is 9.30. The van der Waals surface area contributed by atoms with Crippen LogP contribution in [0.4, 0.5) is 0 Å². The number of alkyl halides is 1. The van der Waals surface area contributed by atoms with Crippen LogP contribution in [-0.2, 0) is 14.3 Å². The standard InChI is InChI=1S/C20H27ClO6/c1-9-5-6-13(23)19(4)8-7-12(22)10(2)14(19)16(24)20(26)11(3)18(25)27-17(20)15(9)21/h7-8,10-11,13-17,23-24,26H,1,5-6H2,2-4H3/t10-,11-,13-,14+,15-,16-,17-,19+,20+/m0/s1. The molecule has 0 amide bonds. The quantitative estimate of drug-likeness (QED) is 0.323. The SMILES string of the molecule is C=C1CC[C@H](O)[C@@]2(C)C=CC(=O)[C@H](C)[C@@H]2[C@H](O)[C@]2(O)[C@@H](C)C(=O)O[C@H]2[C@H]1Cl. The van der Waals surface area contributed by atoms with Gasteiger partial charge in [0, 0.05) is 17.3 Å². The zero-order chi connectivity index (χ0) is 20.3. The lowest BCUT2D eigenvalue weighted by molar-refractivity contribution is -0.183. The third kappa shape index (κ3) is 2.80. The number of aliphatic hydroxyl groups is 3. The topological polar surface area (TPSA) is 104 Å². The summed E-state index contributed by atoms with van der Waals surface area (Å²) in [5.74, 6) is -3.38. The van der Waals surface area contributed by atoms with Crippen LogP contribution >= 0.6 is 11.6 Å². The van der Waals surface area contributed by atoms with Crippen molar-refractivity contribution >= 4 is 23.4 Å². The highest BCUT2D eigenvalue weighted by Gasteiger charge is 2.65. The molecular formula is C20H27ClO6. The molecule has 1 heterocycles. The van der Waals surface area contributed by atoms with Crippen LogP contribution in [0.2, 0.25) is 0 Å². The van der Waals surface area contributed by atoms with Crippen molar-refractivity contribution in [1.82, 2.24) is 0 Å². The van der Waals surface area contributed by atoms with Gasteiger partial charge in [-0.15, -0.1) is 11.6 Å². The molecule has 0 bridgehead atoms. The highest BCUT2D eigenvalue weighted by atomic mass is 35.5. The molecule has 9 atom stereocenters. The number of carbonyl (C=O) groups is 2. The van der Waals surface area contributed by atoms with Gasteiger partial charge in [-0.3, -0.25) is 9.59 Å². The third-order valence-corrected chi connectivity index (χ3v) is 7.52. The second-order valence-corrected chi connectivity index (χ2v) is 8.91. The van der Waals surface area contributed by atoms with E-state index in [1.807, 2.05) is 0 Å². The molecule has 1 aliphatic heterocycles. The van der Waals surface area contributed by atoms with Crippen molar-refractivity contribution in [1.29, 1.82) is 0 Å². The van der Waals surface area contributed by atoms with E-state index in [2.05, 4.69) is 6.58 Å². The molecular weight excluding hydrogens is 372 g/mol. The Hall–Kier alpha value is -1.21. The van der Waals surface area contributed by atoms with Gasteiger partial charge >= 0.3 is 5.97 Å². The van der Waals surface area contributed by atoms with Crippen LogP contribution in [0.25, 0.3) is 0 Å². The Kier molecular flexibility index (Phi) is 5.09. The second-order valence-electron chi connectivity index (χ2n) is 8.44. The summed E-state index contributed by atoms with van der Waals surface area (Å²) in [4.78, 5) is 24.6. The molecule has 3 aliphatic rings. The van der Waals surface area contributed by atoms with E-state index in [9.17, 15) is 24.9 Å². The van der Waals surface area contributed by atoms with E-state index in [0.717, 1.165) is 0 Å². The van der Waals surface area contributed by atoms with Crippen molar-refractivity contribution < 1.29 is 29.6 Å². The molecule has 3 N–H and O–H groups in total. The predicted octanol–water partition coefficient (Wildman–Crippen LogP) is 1.36. The van der Waals surface area contributed by atoms with Crippen LogP contribution in [0.3, 0.4) is 0 Å². The molecule has 2 aliphatic carbocycles. The van der Waals surface area contributed by atoms with Gasteiger partial charge < -0.3 is 20.1 Å². The molecule has 0 spiro atoms. The van der Waals surface area contributed by atoms with Crippen LogP contribution in [-0.4, -0.2) is 56.4 Å². The average molecular weight is 399 g/mol. The minimum atomic E-state index is -2.00. The van der Waals surface area contributed by atoms with Crippen LogP contribution < -0.4 is 0 Å². The number of rotatable bonds is 0. The number of hydrogen-bond donors (Lipinski definition) is 3. The van der Waals surface area contributed by atoms with Crippen LogP contribution in [0.5, 0.6) is 0 Å². The Morgan fingerprint density at radius 3 is 2.56 bits per heavy atom. The zero-order valence-corrected chi connectivity index (χ0v) is 16.5. The van der Waals surface area contributed by atoms with E-state index in [1.165, 1.54) is 13.0 Å². The summed E-state index contributed by atoms with van der Waals surface area (Å²) in [6, 6.07) is 0. The fourth-order valence-electron chi connectivity index (χ4n) is 4.94. The van der Waals surface area contributed by atoms with Crippen molar-refractivity contribution in [2.24, 2.45) is 23.2 Å². The van der Waals surface area contributed by atoms with E-state index in [0.29, 0.717) is 18.4 Å². The summed E-state index contributed by atoms with van der Waals surface area (Å²) >= 11 is 6.47. The fourth-order valence-corrected chi connectivity index (χ4v) is 5.30. The van der Waals surface area contributed by atoms with Gasteiger partial charge in [0.15, 0.2) is 11.9 Å². The average Bonchev–Trinajstić information content (AvgIpc) is 2.86. The first-order chi connectivity index (χ1) is 12.5. The lowest BCUT2D eigenvalue weighted by Gasteiger charge is -2.51.